The summed E-state index contributed by atoms with van der Waals surface area (Å²) in [6.45, 7) is 2.31. The highest BCUT2D eigenvalue weighted by atomic mass is 19.1. The van der Waals surface area contributed by atoms with E-state index in [1.165, 1.54) is 99.3 Å². The van der Waals surface area contributed by atoms with Gasteiger partial charge in [-0.25, -0.2) is 4.39 Å². The molecule has 0 saturated heterocycles. The molecule has 1 heteroatoms. The van der Waals surface area contributed by atoms with Crippen molar-refractivity contribution in [1.82, 2.24) is 0 Å². The fourth-order valence-corrected chi connectivity index (χ4v) is 7.25. The molecule has 2 saturated carbocycles. The predicted octanol–water partition coefficient (Wildman–Crippen LogP) is 10.6. The molecule has 5 rings (SSSR count). The SMILES string of the molecule is CCCC1CCC(c2ccc(CCc3ccc(C4CCC(CCc5ccccc5)CC4)cc3F)cc2)CC1. The van der Waals surface area contributed by atoms with Crippen molar-refractivity contribution in [2.45, 2.75) is 109 Å². The summed E-state index contributed by atoms with van der Waals surface area (Å²) >= 11 is 0. The van der Waals surface area contributed by atoms with Crippen LogP contribution in [0.2, 0.25) is 0 Å². The zero-order valence-corrected chi connectivity index (χ0v) is 23.5. The Bertz CT molecular complexity index is 1100. The minimum absolute atomic E-state index is 0.00541. The van der Waals surface area contributed by atoms with Crippen LogP contribution in [0.4, 0.5) is 4.39 Å². The lowest BCUT2D eigenvalue weighted by atomic mass is 9.76. The largest absolute Gasteiger partial charge is 0.207 e. The molecule has 0 aliphatic heterocycles. The van der Waals surface area contributed by atoms with Crippen LogP contribution in [0.25, 0.3) is 0 Å². The zero-order valence-electron chi connectivity index (χ0n) is 23.5. The van der Waals surface area contributed by atoms with Gasteiger partial charge in [-0.2, -0.15) is 0 Å². The van der Waals surface area contributed by atoms with Gasteiger partial charge in [-0.3, -0.25) is 0 Å². The quantitative estimate of drug-likeness (QED) is 0.254. The molecule has 0 radical (unpaired) electrons. The molecule has 3 aromatic carbocycles. The van der Waals surface area contributed by atoms with Crippen molar-refractivity contribution in [2.75, 3.05) is 0 Å². The van der Waals surface area contributed by atoms with E-state index in [0.29, 0.717) is 5.92 Å². The first-order valence-corrected chi connectivity index (χ1v) is 15.6. The molecular formula is C37H47F. The lowest BCUT2D eigenvalue weighted by molar-refractivity contribution is 0.308. The first-order chi connectivity index (χ1) is 18.7. The van der Waals surface area contributed by atoms with Crippen LogP contribution < -0.4 is 0 Å². The van der Waals surface area contributed by atoms with Crippen molar-refractivity contribution in [1.29, 1.82) is 0 Å². The Morgan fingerprint density at radius 2 is 1.16 bits per heavy atom. The summed E-state index contributed by atoms with van der Waals surface area (Å²) in [6, 6.07) is 26.2. The maximum absolute atomic E-state index is 15.1. The smallest absolute Gasteiger partial charge is 0.126 e. The molecule has 2 fully saturated rings. The van der Waals surface area contributed by atoms with E-state index < -0.39 is 0 Å². The molecule has 0 aromatic heterocycles. The van der Waals surface area contributed by atoms with Gasteiger partial charge >= 0.3 is 0 Å². The molecule has 3 aromatic rings. The summed E-state index contributed by atoms with van der Waals surface area (Å²) in [5, 5.41) is 0. The molecule has 0 N–H and O–H groups in total. The van der Waals surface area contributed by atoms with Gasteiger partial charge in [0.1, 0.15) is 5.82 Å². The van der Waals surface area contributed by atoms with E-state index in [9.17, 15) is 0 Å². The molecule has 0 spiro atoms. The first kappa shape index (κ1) is 27.2. The number of halogens is 1. The molecule has 0 unspecified atom stereocenters. The van der Waals surface area contributed by atoms with E-state index in [4.69, 9.17) is 0 Å². The molecule has 0 amide bonds. The average molecular weight is 511 g/mol. The van der Waals surface area contributed by atoms with Gasteiger partial charge in [0.05, 0.1) is 0 Å². The van der Waals surface area contributed by atoms with Crippen LogP contribution in [0.3, 0.4) is 0 Å². The van der Waals surface area contributed by atoms with E-state index in [1.54, 1.807) is 0 Å². The normalized spacial score (nSPS) is 23.8. The predicted molar refractivity (Wildman–Crippen MR) is 159 cm³/mol. The minimum atomic E-state index is -0.00541. The Hall–Kier alpha value is -2.41. The fraction of sp³-hybridized carbons (Fsp3) is 0.514. The Kier molecular flexibility index (Phi) is 9.72. The van der Waals surface area contributed by atoms with Crippen molar-refractivity contribution in [3.05, 3.63) is 106 Å². The van der Waals surface area contributed by atoms with Crippen LogP contribution >= 0.6 is 0 Å². The van der Waals surface area contributed by atoms with Crippen molar-refractivity contribution in [3.8, 4) is 0 Å². The van der Waals surface area contributed by atoms with Gasteiger partial charge < -0.3 is 0 Å². The highest BCUT2D eigenvalue weighted by molar-refractivity contribution is 5.30. The molecule has 38 heavy (non-hydrogen) atoms. The minimum Gasteiger partial charge on any atom is -0.207 e. The first-order valence-electron chi connectivity index (χ1n) is 15.6. The summed E-state index contributed by atoms with van der Waals surface area (Å²) in [6.07, 6.45) is 17.3. The second-order valence-electron chi connectivity index (χ2n) is 12.3. The molecule has 0 nitrogen and oxygen atoms in total. The number of rotatable bonds is 10. The summed E-state index contributed by atoms with van der Waals surface area (Å²) in [5.41, 5.74) is 6.36. The summed E-state index contributed by atoms with van der Waals surface area (Å²) < 4.78 is 15.1. The van der Waals surface area contributed by atoms with Gasteiger partial charge in [0, 0.05) is 0 Å². The zero-order chi connectivity index (χ0) is 26.2. The van der Waals surface area contributed by atoms with Crippen molar-refractivity contribution in [3.63, 3.8) is 0 Å². The van der Waals surface area contributed by atoms with E-state index in [2.05, 4.69) is 73.7 Å². The van der Waals surface area contributed by atoms with E-state index in [1.807, 2.05) is 6.07 Å². The van der Waals surface area contributed by atoms with Crippen molar-refractivity contribution in [2.24, 2.45) is 11.8 Å². The van der Waals surface area contributed by atoms with Gasteiger partial charge in [-0.05, 0) is 135 Å². The highest BCUT2D eigenvalue weighted by Gasteiger charge is 2.23. The van der Waals surface area contributed by atoms with Crippen LogP contribution in [0.15, 0.2) is 72.8 Å². The van der Waals surface area contributed by atoms with Crippen LogP contribution in [-0.4, -0.2) is 0 Å². The average Bonchev–Trinajstić information content (AvgIpc) is 2.97. The Morgan fingerprint density at radius 3 is 1.79 bits per heavy atom. The maximum Gasteiger partial charge on any atom is 0.126 e. The van der Waals surface area contributed by atoms with Crippen molar-refractivity contribution >= 4 is 0 Å². The fourth-order valence-electron chi connectivity index (χ4n) is 7.25. The molecule has 2 aliphatic rings. The monoisotopic (exact) mass is 510 g/mol. The van der Waals surface area contributed by atoms with Gasteiger partial charge in [0.25, 0.3) is 0 Å². The van der Waals surface area contributed by atoms with Gasteiger partial charge in [0.15, 0.2) is 0 Å². The molecule has 0 bridgehead atoms. The molecule has 2 aliphatic carbocycles. The van der Waals surface area contributed by atoms with E-state index in [0.717, 1.165) is 36.2 Å². The van der Waals surface area contributed by atoms with Crippen LogP contribution in [0, 0.1) is 17.7 Å². The highest BCUT2D eigenvalue weighted by Crippen LogP contribution is 2.39. The summed E-state index contributed by atoms with van der Waals surface area (Å²) in [5.74, 6) is 3.03. The van der Waals surface area contributed by atoms with Gasteiger partial charge in [0.2, 0.25) is 0 Å². The third-order valence-electron chi connectivity index (χ3n) is 9.76. The lowest BCUT2D eigenvalue weighted by Crippen LogP contribution is -2.14. The third kappa shape index (κ3) is 7.37. The number of benzene rings is 3. The molecule has 0 atom stereocenters. The Labute approximate surface area is 231 Å². The van der Waals surface area contributed by atoms with Crippen LogP contribution in [-0.2, 0) is 19.3 Å². The van der Waals surface area contributed by atoms with E-state index >= 15 is 4.39 Å². The Morgan fingerprint density at radius 1 is 0.579 bits per heavy atom. The van der Waals surface area contributed by atoms with Gasteiger partial charge in [-0.15, -0.1) is 0 Å². The molecular weight excluding hydrogens is 463 g/mol. The number of aryl methyl sites for hydroxylation is 3. The lowest BCUT2D eigenvalue weighted by Gasteiger charge is -2.29. The second-order valence-corrected chi connectivity index (χ2v) is 12.3. The topological polar surface area (TPSA) is 0 Å². The van der Waals surface area contributed by atoms with Gasteiger partial charge in [-0.1, -0.05) is 86.5 Å². The Balaban J connectivity index is 1.07. The van der Waals surface area contributed by atoms with Crippen LogP contribution in [0.1, 0.15) is 117 Å². The maximum atomic E-state index is 15.1. The molecule has 202 valence electrons. The number of hydrogen-bond donors (Lipinski definition) is 0. The number of hydrogen-bond acceptors (Lipinski definition) is 0. The van der Waals surface area contributed by atoms with E-state index in [-0.39, 0.29) is 5.82 Å². The van der Waals surface area contributed by atoms with Crippen molar-refractivity contribution < 1.29 is 4.39 Å². The summed E-state index contributed by atoms with van der Waals surface area (Å²) in [7, 11) is 0. The van der Waals surface area contributed by atoms with Crippen LogP contribution in [0.5, 0.6) is 0 Å². The third-order valence-corrected chi connectivity index (χ3v) is 9.76. The molecule has 0 heterocycles. The second kappa shape index (κ2) is 13.6. The summed E-state index contributed by atoms with van der Waals surface area (Å²) in [4.78, 5) is 0. The standard InChI is InChI=1S/C37H47F/c1-2-6-28-11-18-32(19-12-28)33-20-13-31(14-21-33)17-24-35-25-26-36(27-37(35)38)34-22-15-30(16-23-34)10-9-29-7-4-3-5-8-29/h3-5,7-8,13-14,20-21,25-28,30,32,34H,2,6,9-12,15-19,22-24H2,1H3.